The van der Waals surface area contributed by atoms with E-state index >= 15 is 0 Å². The number of benzene rings is 3. The third-order valence-corrected chi connectivity index (χ3v) is 8.37. The molecular formula is C36H45N5O8. The number of unbranched alkanes of at least 4 members (excludes halogenated alkanes) is 1. The predicted octanol–water partition coefficient (Wildman–Crippen LogP) is 4.30. The molecule has 0 aliphatic carbocycles. The van der Waals surface area contributed by atoms with E-state index < -0.39 is 41.6 Å². The first kappa shape index (κ1) is 36.7. The molecule has 1 aliphatic heterocycles. The number of carbonyl (C=O) groups is 5. The highest BCUT2D eigenvalue weighted by Crippen LogP contribution is 2.37. The Morgan fingerprint density at radius 1 is 1.06 bits per heavy atom. The number of amides is 4. The van der Waals surface area contributed by atoms with Crippen molar-refractivity contribution < 1.29 is 38.6 Å². The molecule has 1 aliphatic rings. The van der Waals surface area contributed by atoms with Crippen molar-refractivity contribution in [3.05, 3.63) is 65.7 Å². The molecule has 3 aromatic rings. The number of nitrogens with two attached hydrogens (primary N) is 1. The zero-order valence-corrected chi connectivity index (χ0v) is 28.8. The number of fused-ring (bicyclic) bond motifs is 2. The van der Waals surface area contributed by atoms with Gasteiger partial charge < -0.3 is 35.4 Å². The van der Waals surface area contributed by atoms with E-state index in [1.165, 1.54) is 36.9 Å². The van der Waals surface area contributed by atoms with Gasteiger partial charge in [0.25, 0.3) is 5.91 Å². The smallest absolute Gasteiger partial charge is 0.410 e. The van der Waals surface area contributed by atoms with Crippen LogP contribution in [0, 0.1) is 0 Å². The lowest BCUT2D eigenvalue weighted by atomic mass is 10.00. The minimum Gasteiger partial charge on any atom is -0.496 e. The molecule has 0 saturated carbocycles. The lowest BCUT2D eigenvalue weighted by Gasteiger charge is -2.30. The van der Waals surface area contributed by atoms with Crippen LogP contribution >= 0.6 is 0 Å². The molecule has 2 unspecified atom stereocenters. The first-order chi connectivity index (χ1) is 23.2. The van der Waals surface area contributed by atoms with E-state index in [0.29, 0.717) is 52.8 Å². The largest absolute Gasteiger partial charge is 0.496 e. The van der Waals surface area contributed by atoms with Crippen LogP contribution in [0.4, 0.5) is 16.2 Å². The van der Waals surface area contributed by atoms with Crippen LogP contribution in [0.2, 0.25) is 0 Å². The molecule has 4 N–H and O–H groups in total. The van der Waals surface area contributed by atoms with Gasteiger partial charge in [-0.2, -0.15) is 0 Å². The van der Waals surface area contributed by atoms with Crippen molar-refractivity contribution in [2.24, 2.45) is 5.73 Å². The monoisotopic (exact) mass is 675 g/mol. The zero-order chi connectivity index (χ0) is 36.0. The summed E-state index contributed by atoms with van der Waals surface area (Å²) in [5.41, 5.74) is 6.53. The quantitative estimate of drug-likeness (QED) is 0.251. The van der Waals surface area contributed by atoms with E-state index in [4.69, 9.17) is 15.2 Å². The molecule has 0 bridgehead atoms. The summed E-state index contributed by atoms with van der Waals surface area (Å²) in [7, 11) is 2.94. The number of hydrogen-bond donors (Lipinski definition) is 3. The molecule has 13 nitrogen and oxygen atoms in total. The number of ether oxygens (including phenoxy) is 2. The Hall–Kier alpha value is -5.17. The molecule has 262 valence electrons. The van der Waals surface area contributed by atoms with Crippen LogP contribution in [0.3, 0.4) is 0 Å². The molecule has 4 rings (SSSR count). The third-order valence-electron chi connectivity index (χ3n) is 8.37. The maximum Gasteiger partial charge on any atom is 0.410 e. The summed E-state index contributed by atoms with van der Waals surface area (Å²) < 4.78 is 11.1. The molecule has 49 heavy (non-hydrogen) atoms. The van der Waals surface area contributed by atoms with Crippen LogP contribution < -0.4 is 25.6 Å². The molecule has 0 spiro atoms. The lowest BCUT2D eigenvalue weighted by Crippen LogP contribution is -2.57. The van der Waals surface area contributed by atoms with Crippen molar-refractivity contribution in [2.75, 3.05) is 37.0 Å². The molecule has 0 radical (unpaired) electrons. The van der Waals surface area contributed by atoms with Gasteiger partial charge in [0.2, 0.25) is 11.8 Å². The van der Waals surface area contributed by atoms with Crippen LogP contribution in [0.1, 0.15) is 62.9 Å². The van der Waals surface area contributed by atoms with E-state index in [1.54, 1.807) is 69.3 Å². The fourth-order valence-corrected chi connectivity index (χ4v) is 5.63. The first-order valence-corrected chi connectivity index (χ1v) is 16.2. The van der Waals surface area contributed by atoms with Crippen molar-refractivity contribution in [1.82, 2.24) is 10.2 Å². The second-order valence-corrected chi connectivity index (χ2v) is 13.0. The summed E-state index contributed by atoms with van der Waals surface area (Å²) >= 11 is 0. The zero-order valence-electron chi connectivity index (χ0n) is 28.8. The Balaban J connectivity index is 1.78. The molecule has 2 atom stereocenters. The highest BCUT2D eigenvalue weighted by molar-refractivity contribution is 6.08. The van der Waals surface area contributed by atoms with E-state index in [2.05, 4.69) is 5.32 Å². The Morgan fingerprint density at radius 3 is 2.39 bits per heavy atom. The molecule has 3 aromatic carbocycles. The Labute approximate surface area is 285 Å². The van der Waals surface area contributed by atoms with Crippen molar-refractivity contribution in [2.45, 2.75) is 71.2 Å². The van der Waals surface area contributed by atoms with Gasteiger partial charge in [0.1, 0.15) is 23.4 Å². The normalized spacial score (nSPS) is 15.2. The highest BCUT2D eigenvalue weighted by atomic mass is 16.6. The number of carbonyl (C=O) groups excluding carboxylic acids is 4. The fraction of sp³-hybridized carbons (Fsp3) is 0.417. The van der Waals surface area contributed by atoms with E-state index in [1.807, 2.05) is 0 Å². The van der Waals surface area contributed by atoms with Crippen LogP contribution in [0.15, 0.2) is 54.6 Å². The minimum atomic E-state index is -1.20. The maximum atomic E-state index is 14.6. The number of anilines is 2. The Morgan fingerprint density at radius 2 is 1.76 bits per heavy atom. The number of rotatable bonds is 11. The second-order valence-electron chi connectivity index (χ2n) is 13.0. The van der Waals surface area contributed by atoms with Crippen LogP contribution in [0.5, 0.6) is 5.75 Å². The van der Waals surface area contributed by atoms with E-state index in [-0.39, 0.29) is 31.0 Å². The van der Waals surface area contributed by atoms with E-state index in [9.17, 15) is 29.1 Å². The summed E-state index contributed by atoms with van der Waals surface area (Å²) in [6.45, 7) is 6.92. The summed E-state index contributed by atoms with van der Waals surface area (Å²) in [4.78, 5) is 70.6. The summed E-state index contributed by atoms with van der Waals surface area (Å²) in [6.07, 6.45) is 0.667. The van der Waals surface area contributed by atoms with Crippen molar-refractivity contribution in [3.8, 4) is 5.75 Å². The Bertz CT molecular complexity index is 1740. The molecule has 0 aromatic heterocycles. The fourth-order valence-electron chi connectivity index (χ4n) is 5.63. The number of aromatic carboxylic acids is 1. The summed E-state index contributed by atoms with van der Waals surface area (Å²) in [5.74, 6) is -1.95. The van der Waals surface area contributed by atoms with Gasteiger partial charge in [0, 0.05) is 19.0 Å². The number of hydrogen-bond acceptors (Lipinski definition) is 8. The molecular weight excluding hydrogens is 630 g/mol. The third kappa shape index (κ3) is 8.47. The number of carboxylic acids is 1. The maximum absolute atomic E-state index is 14.6. The van der Waals surface area contributed by atoms with Gasteiger partial charge in [0.05, 0.1) is 37.1 Å². The first-order valence-electron chi connectivity index (χ1n) is 16.2. The van der Waals surface area contributed by atoms with Crippen molar-refractivity contribution in [3.63, 3.8) is 0 Å². The lowest BCUT2D eigenvalue weighted by molar-refractivity contribution is -0.130. The number of nitrogens with zero attached hydrogens (tertiary/aromatic N) is 3. The second kappa shape index (κ2) is 15.4. The number of para-hydroxylation sites is 2. The molecule has 0 saturated heterocycles. The van der Waals surface area contributed by atoms with Gasteiger partial charge in [-0.05, 0) is 88.2 Å². The van der Waals surface area contributed by atoms with Crippen LogP contribution in [-0.4, -0.2) is 84.7 Å². The van der Waals surface area contributed by atoms with Crippen LogP contribution in [0.25, 0.3) is 10.8 Å². The molecule has 4 amide bonds. The SMILES string of the molecule is COc1ccc2cc(C(=O)O)ccc2c1CN1C(=O)C(NC(=O)C(C)N(C)C(=O)OC(C)(C)C)CN(C(=O)CCCCN)c2ccccc21. The average molecular weight is 676 g/mol. The van der Waals surface area contributed by atoms with Gasteiger partial charge >= 0.3 is 12.1 Å². The van der Waals surface area contributed by atoms with Gasteiger partial charge in [-0.15, -0.1) is 0 Å². The minimum absolute atomic E-state index is 0.0300. The summed E-state index contributed by atoms with van der Waals surface area (Å²) in [5, 5.41) is 13.7. The molecule has 13 heteroatoms. The topological polar surface area (TPSA) is 172 Å². The Kier molecular flexibility index (Phi) is 11.5. The van der Waals surface area contributed by atoms with Gasteiger partial charge in [0.15, 0.2) is 0 Å². The van der Waals surface area contributed by atoms with Gasteiger partial charge in [-0.1, -0.05) is 24.3 Å². The summed E-state index contributed by atoms with van der Waals surface area (Å²) in [6, 6.07) is 12.9. The number of methoxy groups -OCH3 is 1. The average Bonchev–Trinajstić information content (AvgIpc) is 3.17. The number of nitrogens with one attached hydrogen (secondary N) is 1. The van der Waals surface area contributed by atoms with Gasteiger partial charge in [-0.3, -0.25) is 19.3 Å². The van der Waals surface area contributed by atoms with Crippen LogP contribution in [-0.2, 0) is 25.7 Å². The molecule has 1 heterocycles. The number of carboxylic acid groups (broad SMARTS) is 1. The van der Waals surface area contributed by atoms with E-state index in [0.717, 1.165) is 4.90 Å². The standard InChI is InChI=1S/C36H45N5O8/c1-22(39(5)35(47)49-36(2,3)4)32(43)38-27-21-40(31(42)13-9-10-18-37)28-11-7-8-12-29(28)41(33(27)44)20-26-25-16-14-24(34(45)46)19-23(25)15-17-30(26)48-6/h7-8,11-12,14-17,19,22,27H,9-10,13,18,20-21,37H2,1-6H3,(H,38,43)(H,45,46). The van der Waals surface area contributed by atoms with Crippen molar-refractivity contribution in [1.29, 1.82) is 0 Å². The number of likely N-dealkylation sites (N-methyl/N-ethyl adjacent to an activating group) is 1. The highest BCUT2D eigenvalue weighted by Gasteiger charge is 2.38. The predicted molar refractivity (Wildman–Crippen MR) is 186 cm³/mol. The van der Waals surface area contributed by atoms with Crippen molar-refractivity contribution >= 4 is 51.9 Å². The molecule has 0 fully saturated rings. The van der Waals surface area contributed by atoms with Gasteiger partial charge in [-0.25, -0.2) is 9.59 Å².